The zero-order valence-electron chi connectivity index (χ0n) is 40.8. The Morgan fingerprint density at radius 3 is 0.375 bits per heavy atom. The van der Waals surface area contributed by atoms with Crippen molar-refractivity contribution in [2.24, 2.45) is 0 Å². The minimum Gasteiger partial charge on any atom is -0.0654 e. The van der Waals surface area contributed by atoms with E-state index in [-0.39, 0.29) is 0 Å². The predicted octanol–water partition coefficient (Wildman–Crippen LogP) is 20.7. The van der Waals surface area contributed by atoms with Crippen molar-refractivity contribution in [1.29, 1.82) is 0 Å². The van der Waals surface area contributed by atoms with Gasteiger partial charge in [0.2, 0.25) is 0 Å². The van der Waals surface area contributed by atoms with Gasteiger partial charge in [-0.3, -0.25) is 0 Å². The van der Waals surface area contributed by atoms with Crippen LogP contribution in [0.15, 0.2) is 0 Å². The molecular formula is C54H114P2+2. The Morgan fingerprint density at radius 1 is 0.143 bits per heavy atom. The molecule has 0 unspecified atom stereocenters. The van der Waals surface area contributed by atoms with Crippen LogP contribution in [0.4, 0.5) is 0 Å². The highest BCUT2D eigenvalue weighted by Gasteiger charge is 2.36. The summed E-state index contributed by atoms with van der Waals surface area (Å²) in [6.07, 6.45) is 73.0. The third kappa shape index (κ3) is 36.7. The molecule has 0 spiro atoms. The van der Waals surface area contributed by atoms with Crippen molar-refractivity contribution in [3.8, 4) is 0 Å². The van der Waals surface area contributed by atoms with Gasteiger partial charge in [0.05, 0.1) is 49.3 Å². The lowest BCUT2D eigenvalue weighted by Gasteiger charge is -2.29. The van der Waals surface area contributed by atoms with E-state index >= 15 is 0 Å². The van der Waals surface area contributed by atoms with Crippen LogP contribution in [0.5, 0.6) is 0 Å². The molecule has 0 amide bonds. The summed E-state index contributed by atoms with van der Waals surface area (Å²) in [4.78, 5) is 0. The summed E-state index contributed by atoms with van der Waals surface area (Å²) in [6.45, 7) is 14.3. The third-order valence-electron chi connectivity index (χ3n) is 13.9. The largest absolute Gasteiger partial charge is 0.0654 e. The van der Waals surface area contributed by atoms with Crippen LogP contribution in [0.3, 0.4) is 0 Å². The van der Waals surface area contributed by atoms with E-state index in [0.29, 0.717) is 0 Å². The average Bonchev–Trinajstić information content (AvgIpc) is 3.21. The smallest absolute Gasteiger partial charge is 0.0594 e. The second-order valence-electron chi connectivity index (χ2n) is 19.5. The normalized spacial score (nSPS) is 12.3. The van der Waals surface area contributed by atoms with E-state index in [0.717, 1.165) is 0 Å². The van der Waals surface area contributed by atoms with Crippen molar-refractivity contribution in [2.75, 3.05) is 49.3 Å². The maximum atomic E-state index is 2.38. The van der Waals surface area contributed by atoms with E-state index in [1.165, 1.54) is 193 Å². The minimum absolute atomic E-state index is 0.817. The molecular weight excluding hydrogens is 711 g/mol. The van der Waals surface area contributed by atoms with E-state index in [2.05, 4.69) is 41.5 Å². The van der Waals surface area contributed by atoms with Gasteiger partial charge in [0.1, 0.15) is 0 Å². The fourth-order valence-corrected chi connectivity index (χ4v) is 19.8. The van der Waals surface area contributed by atoms with Gasteiger partial charge in [0, 0.05) is 14.5 Å². The maximum absolute atomic E-state index is 2.38. The van der Waals surface area contributed by atoms with Gasteiger partial charge in [0.25, 0.3) is 0 Å². The Bertz CT molecular complexity index is 576. The number of hydrogen-bond donors (Lipinski definition) is 0. The Balaban J connectivity index is 5.59. The lowest BCUT2D eigenvalue weighted by Crippen LogP contribution is -2.14. The molecule has 56 heavy (non-hydrogen) atoms. The minimum atomic E-state index is -0.817. The summed E-state index contributed by atoms with van der Waals surface area (Å²) < 4.78 is 0. The molecule has 0 bridgehead atoms. The Labute approximate surface area is 360 Å². The third-order valence-corrected chi connectivity index (χ3v) is 24.1. The molecule has 0 radical (unpaired) electrons. The van der Waals surface area contributed by atoms with Crippen LogP contribution in [0, 0.1) is 0 Å². The number of unbranched alkanes of at least 4 members (excludes halogenated alkanes) is 33. The molecule has 0 saturated heterocycles. The molecule has 0 aliphatic heterocycles. The van der Waals surface area contributed by atoms with Crippen LogP contribution >= 0.6 is 14.5 Å². The first-order valence-electron chi connectivity index (χ1n) is 27.3. The van der Waals surface area contributed by atoms with Crippen molar-refractivity contribution >= 4 is 14.5 Å². The molecule has 0 heterocycles. The SMILES string of the molecule is CCCCCCCC[P+](CCCCCCCC)(CCCCCCCC)CCCCCC[P+](CCCCCCCC)(CCCCCCCC)CCCCCCCC. The van der Waals surface area contributed by atoms with Gasteiger partial charge in [-0.05, 0) is 103 Å². The summed E-state index contributed by atoms with van der Waals surface area (Å²) in [7, 11) is -1.63. The van der Waals surface area contributed by atoms with Gasteiger partial charge in [-0.15, -0.1) is 0 Å². The van der Waals surface area contributed by atoms with Gasteiger partial charge in [-0.25, -0.2) is 0 Å². The van der Waals surface area contributed by atoms with E-state index in [1.807, 2.05) is 0 Å². The average molecular weight is 825 g/mol. The molecule has 0 N–H and O–H groups in total. The van der Waals surface area contributed by atoms with Crippen molar-refractivity contribution in [3.05, 3.63) is 0 Å². The highest BCUT2D eigenvalue weighted by atomic mass is 31.2. The molecule has 0 fully saturated rings. The fourth-order valence-electron chi connectivity index (χ4n) is 9.95. The molecule has 0 aliphatic carbocycles. The van der Waals surface area contributed by atoms with Crippen LogP contribution in [-0.2, 0) is 0 Å². The quantitative estimate of drug-likeness (QED) is 0.0423. The summed E-state index contributed by atoms with van der Waals surface area (Å²) in [5.74, 6) is 0. The molecule has 0 atom stereocenters. The Morgan fingerprint density at radius 2 is 0.250 bits per heavy atom. The van der Waals surface area contributed by atoms with E-state index in [9.17, 15) is 0 Å². The van der Waals surface area contributed by atoms with E-state index in [4.69, 9.17) is 0 Å². The van der Waals surface area contributed by atoms with Gasteiger partial charge >= 0.3 is 0 Å². The summed E-state index contributed by atoms with van der Waals surface area (Å²) >= 11 is 0. The van der Waals surface area contributed by atoms with Gasteiger partial charge < -0.3 is 0 Å². The first-order valence-corrected chi connectivity index (χ1v) is 32.3. The predicted molar refractivity (Wildman–Crippen MR) is 271 cm³/mol. The lowest BCUT2D eigenvalue weighted by atomic mass is 10.1. The molecule has 0 aliphatic rings. The summed E-state index contributed by atoms with van der Waals surface area (Å²) in [5.41, 5.74) is 0. The molecule has 0 aromatic rings. The van der Waals surface area contributed by atoms with E-state index in [1.54, 1.807) is 114 Å². The highest BCUT2D eigenvalue weighted by molar-refractivity contribution is 7.76. The van der Waals surface area contributed by atoms with Crippen LogP contribution in [0.1, 0.15) is 298 Å². The molecule has 0 nitrogen and oxygen atoms in total. The molecule has 0 rings (SSSR count). The fraction of sp³-hybridized carbons (Fsp3) is 1.00. The van der Waals surface area contributed by atoms with Gasteiger partial charge in [-0.1, -0.05) is 196 Å². The van der Waals surface area contributed by atoms with E-state index < -0.39 is 14.5 Å². The maximum Gasteiger partial charge on any atom is 0.0594 e. The van der Waals surface area contributed by atoms with Gasteiger partial charge in [-0.2, -0.15) is 0 Å². The van der Waals surface area contributed by atoms with Crippen molar-refractivity contribution in [1.82, 2.24) is 0 Å². The standard InChI is InChI=1S/C54H114P2/c1-7-13-19-25-31-39-47-55(48-40-32-26-20-14-8-2,49-41-33-27-21-15-9-3)53-45-37-38-46-54-56(50-42-34-28-22-16-10-4,51-43-35-29-23-17-11-5)52-44-36-30-24-18-12-6/h7-54H2,1-6H3/q+2. The zero-order valence-corrected chi connectivity index (χ0v) is 42.6. The lowest BCUT2D eigenvalue weighted by molar-refractivity contribution is 0.613. The highest BCUT2D eigenvalue weighted by Crippen LogP contribution is 2.63. The number of hydrogen-bond acceptors (Lipinski definition) is 0. The monoisotopic (exact) mass is 825 g/mol. The molecule has 2 heteroatoms. The van der Waals surface area contributed by atoms with Gasteiger partial charge in [0.15, 0.2) is 0 Å². The summed E-state index contributed by atoms with van der Waals surface area (Å²) in [6, 6.07) is 0. The molecule has 338 valence electrons. The van der Waals surface area contributed by atoms with Crippen molar-refractivity contribution in [3.63, 3.8) is 0 Å². The van der Waals surface area contributed by atoms with Crippen LogP contribution in [0.2, 0.25) is 0 Å². The summed E-state index contributed by atoms with van der Waals surface area (Å²) in [5, 5.41) is 0. The van der Waals surface area contributed by atoms with Crippen LogP contribution < -0.4 is 0 Å². The first-order chi connectivity index (χ1) is 27.6. The van der Waals surface area contributed by atoms with Crippen molar-refractivity contribution in [2.45, 2.75) is 298 Å². The van der Waals surface area contributed by atoms with Crippen LogP contribution in [-0.4, -0.2) is 49.3 Å². The first kappa shape index (κ1) is 56.9. The second kappa shape index (κ2) is 45.4. The molecule has 0 aromatic carbocycles. The molecule has 0 aromatic heterocycles. The zero-order chi connectivity index (χ0) is 40.9. The Hall–Kier alpha value is 0.860. The van der Waals surface area contributed by atoms with Crippen LogP contribution in [0.25, 0.3) is 0 Å². The number of rotatable bonds is 49. The van der Waals surface area contributed by atoms with Crippen molar-refractivity contribution < 1.29 is 0 Å². The topological polar surface area (TPSA) is 0 Å². The molecule has 0 saturated carbocycles. The Kier molecular flexibility index (Phi) is 46.1. The second-order valence-corrected chi connectivity index (χ2v) is 28.4.